The van der Waals surface area contributed by atoms with Gasteiger partial charge in [0, 0.05) is 14.2 Å². The predicted molar refractivity (Wildman–Crippen MR) is 32.0 cm³/mol. The molecular weight excluding hydrogens is 122 g/mol. The molecule has 0 aromatic rings. The Kier molecular flexibility index (Phi) is 3.79. The summed E-state index contributed by atoms with van der Waals surface area (Å²) in [5, 5.41) is 2.29. The second kappa shape index (κ2) is 4.14. The predicted octanol–water partition coefficient (Wildman–Crippen LogP) is 0.335. The summed E-state index contributed by atoms with van der Waals surface area (Å²) in [6.45, 7) is 1.63. The van der Waals surface area contributed by atoms with Crippen LogP contribution in [0.4, 0.5) is 4.79 Å². The molecule has 0 aromatic heterocycles. The van der Waals surface area contributed by atoms with Crippen molar-refractivity contribution < 1.29 is 14.3 Å². The second-order valence-corrected chi connectivity index (χ2v) is 1.46. The number of alkyl carbamates (subject to hydrolysis) is 1. The van der Waals surface area contributed by atoms with E-state index in [0.717, 1.165) is 0 Å². The molecule has 0 aromatic carbocycles. The van der Waals surface area contributed by atoms with E-state index in [1.165, 1.54) is 14.2 Å². The molecule has 0 saturated heterocycles. The van der Waals surface area contributed by atoms with Crippen LogP contribution < -0.4 is 5.32 Å². The third-order valence-electron chi connectivity index (χ3n) is 0.809. The van der Waals surface area contributed by atoms with Crippen molar-refractivity contribution >= 4 is 6.09 Å². The summed E-state index contributed by atoms with van der Waals surface area (Å²) in [7, 11) is 2.96. The number of ether oxygens (including phenoxy) is 2. The summed E-state index contributed by atoms with van der Waals surface area (Å²) in [5.41, 5.74) is 0. The minimum Gasteiger partial charge on any atom is -0.420 e. The lowest BCUT2D eigenvalue weighted by molar-refractivity contribution is -0.0669. The van der Waals surface area contributed by atoms with Crippen molar-refractivity contribution in [1.29, 1.82) is 0 Å². The molecule has 0 aliphatic heterocycles. The Hall–Kier alpha value is -0.770. The molecule has 1 unspecified atom stereocenters. The molecule has 54 valence electrons. The monoisotopic (exact) mass is 133 g/mol. The quantitative estimate of drug-likeness (QED) is 0.552. The molecule has 0 heterocycles. The van der Waals surface area contributed by atoms with Crippen LogP contribution in [-0.2, 0) is 9.47 Å². The van der Waals surface area contributed by atoms with Crippen molar-refractivity contribution in [1.82, 2.24) is 5.32 Å². The number of amides is 1. The molecule has 0 aliphatic rings. The summed E-state index contributed by atoms with van der Waals surface area (Å²) in [4.78, 5) is 10.4. The number of carbonyl (C=O) groups excluding carboxylic acids is 1. The van der Waals surface area contributed by atoms with E-state index in [4.69, 9.17) is 0 Å². The normalized spacial score (nSPS) is 12.3. The summed E-state index contributed by atoms with van der Waals surface area (Å²) in [6.07, 6.45) is -0.964. The van der Waals surface area contributed by atoms with E-state index in [2.05, 4.69) is 14.8 Å². The standard InChI is InChI=1S/C5H11NO3/c1-4(8-3)9-5(7)6-2/h4H,1-3H3,(H,6,7). The highest BCUT2D eigenvalue weighted by molar-refractivity contribution is 5.66. The number of rotatable bonds is 2. The topological polar surface area (TPSA) is 47.6 Å². The zero-order valence-corrected chi connectivity index (χ0v) is 5.80. The number of nitrogens with one attached hydrogen (secondary N) is 1. The van der Waals surface area contributed by atoms with E-state index < -0.39 is 12.4 Å². The third-order valence-corrected chi connectivity index (χ3v) is 0.809. The zero-order chi connectivity index (χ0) is 7.28. The molecule has 0 radical (unpaired) electrons. The lowest BCUT2D eigenvalue weighted by Gasteiger charge is -2.09. The van der Waals surface area contributed by atoms with Crippen LogP contribution in [0, 0.1) is 0 Å². The van der Waals surface area contributed by atoms with Crippen LogP contribution in [0.15, 0.2) is 0 Å². The smallest absolute Gasteiger partial charge is 0.409 e. The molecule has 0 rings (SSSR count). The Morgan fingerprint density at radius 2 is 2.22 bits per heavy atom. The van der Waals surface area contributed by atoms with E-state index in [0.29, 0.717) is 0 Å². The minimum absolute atomic E-state index is 0.482. The van der Waals surface area contributed by atoms with Gasteiger partial charge >= 0.3 is 6.09 Å². The van der Waals surface area contributed by atoms with Crippen LogP contribution in [0.2, 0.25) is 0 Å². The highest BCUT2D eigenvalue weighted by Gasteiger charge is 2.03. The van der Waals surface area contributed by atoms with Gasteiger partial charge in [0.25, 0.3) is 0 Å². The lowest BCUT2D eigenvalue weighted by atomic mass is 10.7. The van der Waals surface area contributed by atoms with Gasteiger partial charge < -0.3 is 14.8 Å². The van der Waals surface area contributed by atoms with Gasteiger partial charge in [-0.3, -0.25) is 0 Å². The number of hydrogen-bond acceptors (Lipinski definition) is 3. The minimum atomic E-state index is -0.482. The van der Waals surface area contributed by atoms with Crippen LogP contribution in [0.25, 0.3) is 0 Å². The van der Waals surface area contributed by atoms with Crippen molar-refractivity contribution in [3.63, 3.8) is 0 Å². The van der Waals surface area contributed by atoms with Gasteiger partial charge in [-0.25, -0.2) is 4.79 Å². The number of carbonyl (C=O) groups is 1. The summed E-state index contributed by atoms with van der Waals surface area (Å²) >= 11 is 0. The third kappa shape index (κ3) is 3.78. The Labute approximate surface area is 54.1 Å². The van der Waals surface area contributed by atoms with E-state index in [-0.39, 0.29) is 0 Å². The van der Waals surface area contributed by atoms with E-state index in [1.807, 2.05) is 0 Å². The Morgan fingerprint density at radius 1 is 1.67 bits per heavy atom. The molecule has 0 saturated carbocycles. The summed E-state index contributed by atoms with van der Waals surface area (Å²) < 4.78 is 9.22. The molecule has 9 heavy (non-hydrogen) atoms. The Bertz CT molecular complexity index is 94.2. The van der Waals surface area contributed by atoms with Gasteiger partial charge in [0.1, 0.15) is 0 Å². The average molecular weight is 133 g/mol. The van der Waals surface area contributed by atoms with E-state index >= 15 is 0 Å². The van der Waals surface area contributed by atoms with Crippen molar-refractivity contribution in [3.05, 3.63) is 0 Å². The highest BCUT2D eigenvalue weighted by atomic mass is 16.7. The lowest BCUT2D eigenvalue weighted by Crippen LogP contribution is -2.24. The molecule has 4 nitrogen and oxygen atoms in total. The molecular formula is C5H11NO3. The van der Waals surface area contributed by atoms with Gasteiger partial charge in [-0.2, -0.15) is 0 Å². The van der Waals surface area contributed by atoms with Crippen LogP contribution in [-0.4, -0.2) is 26.5 Å². The van der Waals surface area contributed by atoms with Gasteiger partial charge in [0.05, 0.1) is 0 Å². The second-order valence-electron chi connectivity index (χ2n) is 1.46. The van der Waals surface area contributed by atoms with Gasteiger partial charge in [-0.15, -0.1) is 0 Å². The molecule has 0 fully saturated rings. The van der Waals surface area contributed by atoms with Crippen LogP contribution >= 0.6 is 0 Å². The van der Waals surface area contributed by atoms with Crippen molar-refractivity contribution in [3.8, 4) is 0 Å². The summed E-state index contributed by atoms with van der Waals surface area (Å²) in [6, 6.07) is 0. The summed E-state index contributed by atoms with van der Waals surface area (Å²) in [5.74, 6) is 0. The number of hydrogen-bond donors (Lipinski definition) is 1. The molecule has 1 amide bonds. The van der Waals surface area contributed by atoms with Gasteiger partial charge in [-0.05, 0) is 6.92 Å². The molecule has 1 N–H and O–H groups in total. The van der Waals surface area contributed by atoms with E-state index in [9.17, 15) is 4.79 Å². The van der Waals surface area contributed by atoms with Crippen LogP contribution in [0.1, 0.15) is 6.92 Å². The molecule has 0 aliphatic carbocycles. The molecule has 4 heteroatoms. The number of methoxy groups -OCH3 is 1. The first-order chi connectivity index (χ1) is 4.20. The first kappa shape index (κ1) is 8.23. The molecule has 1 atom stereocenters. The first-order valence-electron chi connectivity index (χ1n) is 2.62. The van der Waals surface area contributed by atoms with Gasteiger partial charge in [0.2, 0.25) is 6.29 Å². The maximum atomic E-state index is 10.4. The fourth-order valence-corrected chi connectivity index (χ4v) is 0.258. The van der Waals surface area contributed by atoms with Crippen molar-refractivity contribution in [2.24, 2.45) is 0 Å². The molecule has 0 bridgehead atoms. The van der Waals surface area contributed by atoms with Crippen LogP contribution in [0.3, 0.4) is 0 Å². The zero-order valence-electron chi connectivity index (χ0n) is 5.80. The maximum Gasteiger partial charge on any atom is 0.409 e. The van der Waals surface area contributed by atoms with Gasteiger partial charge in [0.15, 0.2) is 0 Å². The Balaban J connectivity index is 3.34. The van der Waals surface area contributed by atoms with Crippen LogP contribution in [0.5, 0.6) is 0 Å². The van der Waals surface area contributed by atoms with Gasteiger partial charge in [-0.1, -0.05) is 0 Å². The SMILES string of the molecule is CNC(=O)OC(C)OC. The molecule has 0 spiro atoms. The fourth-order valence-electron chi connectivity index (χ4n) is 0.258. The highest BCUT2D eigenvalue weighted by Crippen LogP contribution is 1.89. The Morgan fingerprint density at radius 3 is 2.56 bits per heavy atom. The van der Waals surface area contributed by atoms with Crippen molar-refractivity contribution in [2.45, 2.75) is 13.2 Å². The van der Waals surface area contributed by atoms with Crippen molar-refractivity contribution in [2.75, 3.05) is 14.2 Å². The van der Waals surface area contributed by atoms with E-state index in [1.54, 1.807) is 6.92 Å². The first-order valence-corrected chi connectivity index (χ1v) is 2.62. The maximum absolute atomic E-state index is 10.4. The fraction of sp³-hybridized carbons (Fsp3) is 0.800. The average Bonchev–Trinajstić information content (AvgIpc) is 1.87. The largest absolute Gasteiger partial charge is 0.420 e.